The zero-order valence-electron chi connectivity index (χ0n) is 19.3. The van der Waals surface area contributed by atoms with Crippen molar-refractivity contribution in [2.75, 3.05) is 27.4 Å². The van der Waals surface area contributed by atoms with Gasteiger partial charge >= 0.3 is 0 Å². The van der Waals surface area contributed by atoms with E-state index in [0.29, 0.717) is 13.2 Å². The lowest BCUT2D eigenvalue weighted by Crippen LogP contribution is -2.61. The quantitative estimate of drug-likeness (QED) is 0.344. The molecule has 0 saturated carbocycles. The van der Waals surface area contributed by atoms with E-state index >= 15 is 0 Å². The molecule has 8 heteroatoms. The first-order chi connectivity index (χ1) is 14.5. The van der Waals surface area contributed by atoms with Crippen LogP contribution < -0.4 is 0 Å². The van der Waals surface area contributed by atoms with Gasteiger partial charge in [-0.15, -0.1) is 0 Å². The van der Waals surface area contributed by atoms with Crippen LogP contribution in [0.2, 0.25) is 0 Å². The van der Waals surface area contributed by atoms with Crippen LogP contribution in [0, 0.1) is 0 Å². The number of hydrogen-bond donors (Lipinski definition) is 0. The van der Waals surface area contributed by atoms with Crippen molar-refractivity contribution < 1.29 is 37.9 Å². The fraction of sp³-hybridized carbons (Fsp3) is 1.00. The molecule has 3 fully saturated rings. The Hall–Kier alpha value is -0.320. The van der Waals surface area contributed by atoms with Crippen molar-refractivity contribution in [1.29, 1.82) is 0 Å². The molecule has 0 spiro atoms. The molecule has 0 aliphatic carbocycles. The van der Waals surface area contributed by atoms with E-state index in [-0.39, 0.29) is 49.0 Å². The average molecular weight is 433 g/mol. The molecule has 8 nitrogen and oxygen atoms in total. The number of methoxy groups -OCH3 is 2. The van der Waals surface area contributed by atoms with Crippen LogP contribution in [0.5, 0.6) is 0 Å². The molecule has 3 rings (SSSR count). The summed E-state index contributed by atoms with van der Waals surface area (Å²) in [5.74, 6) is 0. The highest BCUT2D eigenvalue weighted by Crippen LogP contribution is 2.41. The molecule has 0 aromatic heterocycles. The van der Waals surface area contributed by atoms with Crippen molar-refractivity contribution in [3.05, 3.63) is 0 Å². The van der Waals surface area contributed by atoms with Crippen LogP contribution in [-0.2, 0) is 37.9 Å². The third kappa shape index (κ3) is 5.53. The van der Waals surface area contributed by atoms with Crippen molar-refractivity contribution in [1.82, 2.24) is 0 Å². The van der Waals surface area contributed by atoms with Gasteiger partial charge in [-0.2, -0.15) is 0 Å². The van der Waals surface area contributed by atoms with Gasteiger partial charge in [-0.1, -0.05) is 26.7 Å². The molecule has 30 heavy (non-hydrogen) atoms. The molecule has 3 heterocycles. The summed E-state index contributed by atoms with van der Waals surface area (Å²) in [5.41, 5.74) is 0. The molecular formula is C22H40O8. The van der Waals surface area contributed by atoms with E-state index in [9.17, 15) is 0 Å². The van der Waals surface area contributed by atoms with E-state index in [2.05, 4.69) is 13.8 Å². The highest BCUT2D eigenvalue weighted by Gasteiger charge is 2.59. The number of hydrogen-bond acceptors (Lipinski definition) is 8. The Bertz CT molecular complexity index is 504. The molecule has 0 aromatic carbocycles. The molecule has 0 bridgehead atoms. The van der Waals surface area contributed by atoms with E-state index in [4.69, 9.17) is 37.9 Å². The first kappa shape index (κ1) is 24.3. The minimum atomic E-state index is -0.596. The van der Waals surface area contributed by atoms with Crippen LogP contribution in [0.4, 0.5) is 0 Å². The van der Waals surface area contributed by atoms with E-state index in [1.54, 1.807) is 14.2 Å². The van der Waals surface area contributed by atoms with E-state index in [1.807, 2.05) is 13.8 Å². The Morgan fingerprint density at radius 3 is 1.87 bits per heavy atom. The number of fused-ring (bicyclic) bond motifs is 1. The van der Waals surface area contributed by atoms with Gasteiger partial charge < -0.3 is 37.9 Å². The molecule has 3 saturated heterocycles. The minimum Gasteiger partial charge on any atom is -0.376 e. The predicted octanol–water partition coefficient (Wildman–Crippen LogP) is 2.66. The maximum atomic E-state index is 6.39. The van der Waals surface area contributed by atoms with Gasteiger partial charge in [-0.3, -0.25) is 0 Å². The van der Waals surface area contributed by atoms with Crippen LogP contribution >= 0.6 is 0 Å². The smallest absolute Gasteiger partial charge is 0.187 e. The van der Waals surface area contributed by atoms with Gasteiger partial charge in [-0.25, -0.2) is 0 Å². The molecule has 3 aliphatic heterocycles. The standard InChI is InChI=1S/C22H40O8/c1-7-9-11-25-17-15(23-5)13(3)28-22(19(17)24-6)30-16-14(4)27-21(20-18(16)29-20)26-12-10-8-2/h13-22H,7-12H2,1-6H3/t13-,14-,15-,16-,17+,18-,19-,20?,21+,22+/m1/s1. The first-order valence-electron chi connectivity index (χ1n) is 11.5. The van der Waals surface area contributed by atoms with E-state index in [0.717, 1.165) is 25.7 Å². The summed E-state index contributed by atoms with van der Waals surface area (Å²) in [5, 5.41) is 0. The van der Waals surface area contributed by atoms with Crippen LogP contribution in [0.15, 0.2) is 0 Å². The molecule has 0 aromatic rings. The van der Waals surface area contributed by atoms with Crippen LogP contribution in [0.1, 0.15) is 53.4 Å². The molecule has 0 N–H and O–H groups in total. The third-order valence-electron chi connectivity index (χ3n) is 6.12. The summed E-state index contributed by atoms with van der Waals surface area (Å²) >= 11 is 0. The Morgan fingerprint density at radius 1 is 0.633 bits per heavy atom. The summed E-state index contributed by atoms with van der Waals surface area (Å²) in [6, 6.07) is 0. The predicted molar refractivity (Wildman–Crippen MR) is 109 cm³/mol. The molecular weight excluding hydrogens is 392 g/mol. The van der Waals surface area contributed by atoms with Crippen LogP contribution in [0.25, 0.3) is 0 Å². The van der Waals surface area contributed by atoms with E-state index < -0.39 is 12.4 Å². The normalized spacial score (nSPS) is 43.4. The highest BCUT2D eigenvalue weighted by molar-refractivity contribution is 5.02. The number of rotatable bonds is 12. The Kier molecular flexibility index (Phi) is 9.34. The highest BCUT2D eigenvalue weighted by atomic mass is 16.8. The Labute approximate surface area is 180 Å². The fourth-order valence-electron chi connectivity index (χ4n) is 4.28. The lowest BCUT2D eigenvalue weighted by Gasteiger charge is -2.45. The average Bonchev–Trinajstić information content (AvgIpc) is 3.52. The van der Waals surface area contributed by atoms with Crippen molar-refractivity contribution in [3.8, 4) is 0 Å². The van der Waals surface area contributed by atoms with Crippen molar-refractivity contribution >= 4 is 0 Å². The second kappa shape index (κ2) is 11.5. The molecule has 0 amide bonds. The maximum Gasteiger partial charge on any atom is 0.187 e. The molecule has 3 aliphatic rings. The maximum absolute atomic E-state index is 6.39. The summed E-state index contributed by atoms with van der Waals surface area (Å²) in [6.07, 6.45) is 1.51. The molecule has 10 atom stereocenters. The number of unbranched alkanes of at least 4 members (excludes halogenated alkanes) is 2. The van der Waals surface area contributed by atoms with Gasteiger partial charge in [0.1, 0.15) is 36.6 Å². The number of ether oxygens (including phenoxy) is 8. The van der Waals surface area contributed by atoms with Gasteiger partial charge in [-0.05, 0) is 26.7 Å². The molecule has 0 radical (unpaired) electrons. The fourth-order valence-corrected chi connectivity index (χ4v) is 4.28. The lowest BCUT2D eigenvalue weighted by atomic mass is 9.98. The summed E-state index contributed by atoms with van der Waals surface area (Å²) in [6.45, 7) is 9.56. The van der Waals surface area contributed by atoms with Gasteiger partial charge in [0, 0.05) is 27.4 Å². The third-order valence-corrected chi connectivity index (χ3v) is 6.12. The van der Waals surface area contributed by atoms with Crippen LogP contribution in [-0.4, -0.2) is 88.8 Å². The first-order valence-corrected chi connectivity index (χ1v) is 11.5. The topological polar surface area (TPSA) is 77.1 Å². The zero-order valence-corrected chi connectivity index (χ0v) is 19.3. The van der Waals surface area contributed by atoms with Crippen molar-refractivity contribution in [2.24, 2.45) is 0 Å². The van der Waals surface area contributed by atoms with Gasteiger partial charge in [0.05, 0.1) is 12.2 Å². The molecule has 1 unspecified atom stereocenters. The SMILES string of the molecule is CCCCO[C@H]1O[C@H](C)[C@@H](O[C@@H]2O[C@H](C)[C@@H](OC)[C@H](OCCCC)[C@H]2OC)[C@H]2OC12. The van der Waals surface area contributed by atoms with Gasteiger partial charge in [0.2, 0.25) is 0 Å². The zero-order chi connectivity index (χ0) is 21.7. The van der Waals surface area contributed by atoms with Crippen LogP contribution in [0.3, 0.4) is 0 Å². The van der Waals surface area contributed by atoms with E-state index in [1.165, 1.54) is 0 Å². The van der Waals surface area contributed by atoms with Gasteiger partial charge in [0.25, 0.3) is 0 Å². The van der Waals surface area contributed by atoms with Crippen molar-refractivity contribution in [3.63, 3.8) is 0 Å². The summed E-state index contributed by atoms with van der Waals surface area (Å²) in [7, 11) is 3.32. The minimum absolute atomic E-state index is 0.0589. The second-order valence-corrected chi connectivity index (χ2v) is 8.40. The molecule has 176 valence electrons. The largest absolute Gasteiger partial charge is 0.376 e. The second-order valence-electron chi connectivity index (χ2n) is 8.40. The Balaban J connectivity index is 1.62. The summed E-state index contributed by atoms with van der Waals surface area (Å²) < 4.78 is 47.9. The van der Waals surface area contributed by atoms with Crippen molar-refractivity contribution in [2.45, 2.75) is 115 Å². The lowest BCUT2D eigenvalue weighted by molar-refractivity contribution is -0.331. The number of epoxide rings is 1. The van der Waals surface area contributed by atoms with Gasteiger partial charge in [0.15, 0.2) is 12.6 Å². The summed E-state index contributed by atoms with van der Waals surface area (Å²) in [4.78, 5) is 0. The Morgan fingerprint density at radius 2 is 1.23 bits per heavy atom. The monoisotopic (exact) mass is 432 g/mol.